The summed E-state index contributed by atoms with van der Waals surface area (Å²) in [6.45, 7) is 4.30. The monoisotopic (exact) mass is 398 g/mol. The molecule has 1 saturated heterocycles. The van der Waals surface area contributed by atoms with E-state index in [1.807, 2.05) is 28.0 Å². The lowest BCUT2D eigenvalue weighted by molar-refractivity contribution is -0.146. The van der Waals surface area contributed by atoms with E-state index in [2.05, 4.69) is 30.5 Å². The van der Waals surface area contributed by atoms with Gasteiger partial charge in [-0.1, -0.05) is 37.3 Å². The third-order valence-corrected chi connectivity index (χ3v) is 6.84. The van der Waals surface area contributed by atoms with E-state index in [1.165, 1.54) is 10.4 Å². The molecule has 1 N–H and O–H groups in total. The summed E-state index contributed by atoms with van der Waals surface area (Å²) in [5.74, 6) is -0.764. The highest BCUT2D eigenvalue weighted by Gasteiger charge is 2.35. The van der Waals surface area contributed by atoms with E-state index in [4.69, 9.17) is 0 Å². The number of rotatable bonds is 4. The van der Waals surface area contributed by atoms with Crippen molar-refractivity contribution in [3.63, 3.8) is 0 Å². The molecular weight excluding hydrogens is 372 g/mol. The second-order valence-electron chi connectivity index (χ2n) is 8.02. The number of amides is 1. The van der Waals surface area contributed by atoms with Crippen molar-refractivity contribution >= 4 is 23.2 Å². The number of hydrogen-bond acceptors (Lipinski definition) is 4. The molecule has 4 rings (SSSR count). The van der Waals surface area contributed by atoms with Crippen molar-refractivity contribution in [3.05, 3.63) is 57.8 Å². The molecule has 2 aliphatic heterocycles. The van der Waals surface area contributed by atoms with Gasteiger partial charge in [0, 0.05) is 24.5 Å². The Labute approximate surface area is 169 Å². The summed E-state index contributed by atoms with van der Waals surface area (Å²) in [6.07, 6.45) is 1.57. The molecule has 5 nitrogen and oxygen atoms in total. The number of carboxylic acid groups (broad SMARTS) is 1. The van der Waals surface area contributed by atoms with Crippen LogP contribution >= 0.6 is 11.3 Å². The van der Waals surface area contributed by atoms with E-state index in [1.54, 1.807) is 11.3 Å². The number of fused-ring (bicyclic) bond motifs is 1. The van der Waals surface area contributed by atoms with Crippen molar-refractivity contribution in [2.75, 3.05) is 26.2 Å². The van der Waals surface area contributed by atoms with Gasteiger partial charge in [-0.25, -0.2) is 0 Å². The van der Waals surface area contributed by atoms with Gasteiger partial charge in [0.15, 0.2) is 0 Å². The first-order valence-electron chi connectivity index (χ1n) is 9.88. The number of carbonyl (C=O) groups excluding carboxylic acids is 1. The first-order valence-corrected chi connectivity index (χ1v) is 10.8. The smallest absolute Gasteiger partial charge is 0.307 e. The van der Waals surface area contributed by atoms with Crippen LogP contribution in [0.15, 0.2) is 41.8 Å². The van der Waals surface area contributed by atoms with Crippen LogP contribution in [0.3, 0.4) is 0 Å². The Balaban J connectivity index is 1.55. The number of hydrogen-bond donors (Lipinski definition) is 1. The Morgan fingerprint density at radius 2 is 1.96 bits per heavy atom. The Morgan fingerprint density at radius 3 is 2.71 bits per heavy atom. The molecular formula is C22H26N2O3S. The van der Waals surface area contributed by atoms with Gasteiger partial charge in [0.25, 0.3) is 0 Å². The van der Waals surface area contributed by atoms with Gasteiger partial charge >= 0.3 is 5.97 Å². The average molecular weight is 399 g/mol. The van der Waals surface area contributed by atoms with Crippen molar-refractivity contribution in [2.45, 2.75) is 25.8 Å². The molecule has 1 fully saturated rings. The fourth-order valence-electron chi connectivity index (χ4n) is 4.63. The lowest BCUT2D eigenvalue weighted by Crippen LogP contribution is -2.49. The molecule has 3 unspecified atom stereocenters. The zero-order valence-electron chi connectivity index (χ0n) is 16.1. The van der Waals surface area contributed by atoms with Crippen LogP contribution in [0, 0.1) is 11.8 Å². The highest BCUT2D eigenvalue weighted by Crippen LogP contribution is 2.37. The van der Waals surface area contributed by atoms with Gasteiger partial charge in [0.05, 0.1) is 18.5 Å². The molecule has 3 atom stereocenters. The van der Waals surface area contributed by atoms with Gasteiger partial charge in [0.1, 0.15) is 0 Å². The van der Waals surface area contributed by atoms with Gasteiger partial charge in [-0.3, -0.25) is 14.5 Å². The summed E-state index contributed by atoms with van der Waals surface area (Å²) in [5.41, 5.74) is 2.36. The van der Waals surface area contributed by atoms with Crippen molar-refractivity contribution in [2.24, 2.45) is 11.8 Å². The molecule has 0 saturated carbocycles. The number of thiophene rings is 1. The Hall–Kier alpha value is -2.18. The largest absolute Gasteiger partial charge is 0.481 e. The highest BCUT2D eigenvalue weighted by molar-refractivity contribution is 7.10. The second kappa shape index (κ2) is 8.05. The number of likely N-dealkylation sites (tertiary alicyclic amines) is 1. The van der Waals surface area contributed by atoms with Crippen molar-refractivity contribution in [3.8, 4) is 0 Å². The molecule has 6 heteroatoms. The third-order valence-electron chi connectivity index (χ3n) is 5.85. The van der Waals surface area contributed by atoms with E-state index in [0.717, 1.165) is 18.5 Å². The average Bonchev–Trinajstić information content (AvgIpc) is 3.16. The molecule has 3 heterocycles. The topological polar surface area (TPSA) is 60.9 Å². The van der Waals surface area contributed by atoms with E-state index < -0.39 is 5.97 Å². The number of piperidine rings is 1. The van der Waals surface area contributed by atoms with Gasteiger partial charge in [-0.05, 0) is 41.3 Å². The number of aliphatic carboxylic acids is 1. The van der Waals surface area contributed by atoms with Crippen molar-refractivity contribution in [1.29, 1.82) is 0 Å². The van der Waals surface area contributed by atoms with Crippen LogP contribution in [-0.4, -0.2) is 53.0 Å². The first kappa shape index (κ1) is 19.2. The minimum atomic E-state index is -0.757. The van der Waals surface area contributed by atoms with Crippen LogP contribution in [-0.2, 0) is 16.0 Å². The SMILES string of the molecule is CC1CC(C(=O)O)CN(CC(=O)N2CCc3sccc3C2c2ccccc2)C1. The van der Waals surface area contributed by atoms with Crippen molar-refractivity contribution in [1.82, 2.24) is 9.80 Å². The minimum absolute atomic E-state index is 0.0545. The molecule has 0 spiro atoms. The Bertz CT molecular complexity index is 850. The maximum atomic E-state index is 13.3. The Kier molecular flexibility index (Phi) is 5.51. The summed E-state index contributed by atoms with van der Waals surface area (Å²) in [4.78, 5) is 30.1. The molecule has 0 aliphatic carbocycles. The molecule has 1 aromatic carbocycles. The molecule has 0 radical (unpaired) electrons. The van der Waals surface area contributed by atoms with E-state index in [9.17, 15) is 14.7 Å². The maximum Gasteiger partial charge on any atom is 0.307 e. The molecule has 2 aromatic rings. The lowest BCUT2D eigenvalue weighted by Gasteiger charge is -2.39. The third kappa shape index (κ3) is 3.84. The van der Waals surface area contributed by atoms with Gasteiger partial charge in [-0.2, -0.15) is 0 Å². The Morgan fingerprint density at radius 1 is 1.18 bits per heavy atom. The summed E-state index contributed by atoms with van der Waals surface area (Å²) < 4.78 is 0. The van der Waals surface area contributed by atoms with Crippen LogP contribution in [0.25, 0.3) is 0 Å². The van der Waals surface area contributed by atoms with Gasteiger partial charge in [-0.15, -0.1) is 11.3 Å². The van der Waals surface area contributed by atoms with E-state index in [0.29, 0.717) is 19.5 Å². The molecule has 2 aliphatic rings. The van der Waals surface area contributed by atoms with E-state index in [-0.39, 0.29) is 30.3 Å². The van der Waals surface area contributed by atoms with Crippen LogP contribution < -0.4 is 0 Å². The van der Waals surface area contributed by atoms with Gasteiger partial charge < -0.3 is 10.0 Å². The predicted octanol–water partition coefficient (Wildman–Crippen LogP) is 3.26. The lowest BCUT2D eigenvalue weighted by atomic mass is 9.90. The minimum Gasteiger partial charge on any atom is -0.481 e. The summed E-state index contributed by atoms with van der Waals surface area (Å²) in [7, 11) is 0. The number of carboxylic acids is 1. The molecule has 148 valence electrons. The molecule has 28 heavy (non-hydrogen) atoms. The predicted molar refractivity (Wildman–Crippen MR) is 109 cm³/mol. The second-order valence-corrected chi connectivity index (χ2v) is 9.02. The quantitative estimate of drug-likeness (QED) is 0.859. The zero-order chi connectivity index (χ0) is 19.7. The summed E-state index contributed by atoms with van der Waals surface area (Å²) in [6, 6.07) is 12.3. The van der Waals surface area contributed by atoms with Crippen LogP contribution in [0.2, 0.25) is 0 Å². The van der Waals surface area contributed by atoms with Gasteiger partial charge in [0.2, 0.25) is 5.91 Å². The van der Waals surface area contributed by atoms with Crippen LogP contribution in [0.4, 0.5) is 0 Å². The van der Waals surface area contributed by atoms with E-state index >= 15 is 0 Å². The first-order chi connectivity index (χ1) is 13.5. The molecule has 1 aromatic heterocycles. The van der Waals surface area contributed by atoms with Crippen molar-refractivity contribution < 1.29 is 14.7 Å². The standard InChI is InChI=1S/C22H26N2O3S/c1-15-11-17(22(26)27)13-23(12-15)14-20(25)24-9-7-19-18(8-10-28-19)21(24)16-5-3-2-4-6-16/h2-6,8,10,15,17,21H,7,9,11-14H2,1H3,(H,26,27). The highest BCUT2D eigenvalue weighted by atomic mass is 32.1. The van der Waals surface area contributed by atoms with Crippen LogP contribution in [0.1, 0.15) is 35.4 Å². The molecule has 0 bridgehead atoms. The summed E-state index contributed by atoms with van der Waals surface area (Å²) >= 11 is 1.76. The maximum absolute atomic E-state index is 13.3. The fourth-order valence-corrected chi connectivity index (χ4v) is 5.54. The number of carbonyl (C=O) groups is 2. The summed E-state index contributed by atoms with van der Waals surface area (Å²) in [5, 5.41) is 11.5. The number of nitrogens with zero attached hydrogens (tertiary/aromatic N) is 2. The normalized spacial score (nSPS) is 25.3. The van der Waals surface area contributed by atoms with Crippen LogP contribution in [0.5, 0.6) is 0 Å². The zero-order valence-corrected chi connectivity index (χ0v) is 16.9. The fraction of sp³-hybridized carbons (Fsp3) is 0.455. The molecule has 1 amide bonds. The number of benzene rings is 1.